The Hall–Kier alpha value is -0.150. The smallest absolute Gasteiger partial charge is 1.00 e. The average molecular weight is 475 g/mol. The Morgan fingerprint density at radius 3 is 1.65 bits per heavy atom. The Labute approximate surface area is 212 Å². The van der Waals surface area contributed by atoms with E-state index in [0.29, 0.717) is 25.7 Å². The van der Waals surface area contributed by atoms with Crippen LogP contribution in [0.1, 0.15) is 106 Å². The maximum absolute atomic E-state index is 12.6. The van der Waals surface area contributed by atoms with E-state index in [2.05, 4.69) is 6.92 Å². The molecule has 0 heterocycles. The van der Waals surface area contributed by atoms with Crippen molar-refractivity contribution in [1.29, 1.82) is 0 Å². The number of aliphatic carboxylic acids is 2. The van der Waals surface area contributed by atoms with Gasteiger partial charge in [-0.05, 0) is 24.7 Å². The number of rotatable bonds is 18. The molecule has 31 heavy (non-hydrogen) atoms. The Bertz CT molecular complexity index is 630. The van der Waals surface area contributed by atoms with E-state index in [1.807, 2.05) is 6.92 Å². The van der Waals surface area contributed by atoms with Gasteiger partial charge < -0.3 is 11.6 Å². The van der Waals surface area contributed by atoms with Crippen molar-refractivity contribution in [3.8, 4) is 0 Å². The molecular weight excluding hydrogens is 431 g/mol. The standard InChI is InChI=1S/C22H42O7S.Na.H/c1-5-9-11-13-15-17(7-3)19(20(23)24)22(21(25)26,30(27,28)29)18(8-4)16-14-12-10-6-2;;/h17-19H,5-16H2,1-4H3,(H,23,24)(H,25,26)(H,27,28,29);;/q;+1;-1. The van der Waals surface area contributed by atoms with Crippen molar-refractivity contribution in [2.75, 3.05) is 0 Å². The fourth-order valence-corrected chi connectivity index (χ4v) is 6.30. The summed E-state index contributed by atoms with van der Waals surface area (Å²) in [5.74, 6) is -6.56. The Morgan fingerprint density at radius 1 is 0.839 bits per heavy atom. The van der Waals surface area contributed by atoms with Crippen LogP contribution in [0.5, 0.6) is 0 Å². The molecule has 0 radical (unpaired) electrons. The molecule has 0 aromatic carbocycles. The second kappa shape index (κ2) is 16.5. The summed E-state index contributed by atoms with van der Waals surface area (Å²) in [6, 6.07) is 0. The van der Waals surface area contributed by atoms with Gasteiger partial charge in [0.05, 0.1) is 5.92 Å². The van der Waals surface area contributed by atoms with Crippen LogP contribution < -0.4 is 29.6 Å². The summed E-state index contributed by atoms with van der Waals surface area (Å²) in [7, 11) is -5.19. The van der Waals surface area contributed by atoms with Gasteiger partial charge in [-0.2, -0.15) is 8.42 Å². The molecule has 0 aliphatic carbocycles. The Morgan fingerprint density at radius 2 is 1.32 bits per heavy atom. The molecule has 180 valence electrons. The number of carboxylic acid groups (broad SMARTS) is 2. The summed E-state index contributed by atoms with van der Waals surface area (Å²) in [4.78, 5) is 24.8. The quantitative estimate of drug-likeness (QED) is 0.158. The Balaban J connectivity index is -0.00000420. The van der Waals surface area contributed by atoms with Gasteiger partial charge in [0.1, 0.15) is 0 Å². The third-order valence-electron chi connectivity index (χ3n) is 6.42. The number of hydrogen-bond donors (Lipinski definition) is 3. The summed E-state index contributed by atoms with van der Waals surface area (Å²) in [5, 5.41) is 20.2. The molecule has 0 aromatic heterocycles. The molecule has 0 saturated heterocycles. The van der Waals surface area contributed by atoms with Crippen LogP contribution in [0.15, 0.2) is 0 Å². The fourth-order valence-electron chi connectivity index (χ4n) is 4.76. The zero-order valence-electron chi connectivity index (χ0n) is 21.1. The molecule has 0 fully saturated rings. The molecule has 4 unspecified atom stereocenters. The van der Waals surface area contributed by atoms with E-state index < -0.39 is 44.6 Å². The molecule has 0 aromatic rings. The van der Waals surface area contributed by atoms with Crippen LogP contribution in [0.3, 0.4) is 0 Å². The normalized spacial score (nSPS) is 16.5. The number of carbonyl (C=O) groups is 2. The summed E-state index contributed by atoms with van der Waals surface area (Å²) < 4.78 is 32.7. The summed E-state index contributed by atoms with van der Waals surface area (Å²) in [6.07, 6.45) is 8.01. The van der Waals surface area contributed by atoms with Crippen LogP contribution in [0.4, 0.5) is 0 Å². The van der Waals surface area contributed by atoms with Crippen LogP contribution in [-0.4, -0.2) is 39.9 Å². The van der Waals surface area contributed by atoms with Gasteiger partial charge in [-0.1, -0.05) is 91.9 Å². The second-order valence-electron chi connectivity index (χ2n) is 8.36. The molecule has 0 aliphatic heterocycles. The van der Waals surface area contributed by atoms with Crippen LogP contribution in [0, 0.1) is 17.8 Å². The van der Waals surface area contributed by atoms with Crippen molar-refractivity contribution in [1.82, 2.24) is 0 Å². The molecule has 0 aliphatic rings. The minimum absolute atomic E-state index is 0. The Kier molecular flexibility index (Phi) is 17.5. The van der Waals surface area contributed by atoms with Gasteiger partial charge in [0.15, 0.2) is 0 Å². The molecular formula is C22H43NaO7S. The molecule has 0 saturated carbocycles. The van der Waals surface area contributed by atoms with Crippen LogP contribution in [0.25, 0.3) is 0 Å². The van der Waals surface area contributed by atoms with Crippen molar-refractivity contribution in [2.24, 2.45) is 17.8 Å². The van der Waals surface area contributed by atoms with Crippen molar-refractivity contribution in [3.05, 3.63) is 0 Å². The zero-order valence-corrected chi connectivity index (χ0v) is 22.9. The molecule has 9 heteroatoms. The van der Waals surface area contributed by atoms with Gasteiger partial charge in [-0.15, -0.1) is 0 Å². The topological polar surface area (TPSA) is 129 Å². The molecule has 3 N–H and O–H groups in total. The van der Waals surface area contributed by atoms with E-state index in [1.165, 1.54) is 0 Å². The van der Waals surface area contributed by atoms with Gasteiger partial charge in [0, 0.05) is 0 Å². The van der Waals surface area contributed by atoms with E-state index in [1.54, 1.807) is 13.8 Å². The number of carboxylic acids is 2. The van der Waals surface area contributed by atoms with E-state index in [9.17, 15) is 32.8 Å². The number of unbranched alkanes of at least 4 members (excludes halogenated alkanes) is 6. The molecule has 0 rings (SSSR count). The predicted molar refractivity (Wildman–Crippen MR) is 119 cm³/mol. The first kappa shape index (κ1) is 33.0. The maximum Gasteiger partial charge on any atom is 1.00 e. The van der Waals surface area contributed by atoms with Crippen molar-refractivity contribution >= 4 is 22.1 Å². The minimum atomic E-state index is -5.19. The van der Waals surface area contributed by atoms with Gasteiger partial charge >= 0.3 is 41.5 Å². The zero-order chi connectivity index (χ0) is 23.4. The minimum Gasteiger partial charge on any atom is -1.00 e. The predicted octanol–water partition coefficient (Wildman–Crippen LogP) is 2.51. The molecule has 7 nitrogen and oxygen atoms in total. The van der Waals surface area contributed by atoms with Crippen LogP contribution >= 0.6 is 0 Å². The first-order chi connectivity index (χ1) is 14.1. The fraction of sp³-hybridized carbons (Fsp3) is 0.909. The summed E-state index contributed by atoms with van der Waals surface area (Å²) in [6.45, 7) is 7.49. The third kappa shape index (κ3) is 8.95. The van der Waals surface area contributed by atoms with E-state index in [0.717, 1.165) is 38.5 Å². The van der Waals surface area contributed by atoms with Crippen molar-refractivity contribution in [3.63, 3.8) is 0 Å². The summed E-state index contributed by atoms with van der Waals surface area (Å²) >= 11 is 0. The van der Waals surface area contributed by atoms with Crippen LogP contribution in [0.2, 0.25) is 0 Å². The van der Waals surface area contributed by atoms with Crippen LogP contribution in [-0.2, 0) is 19.7 Å². The monoisotopic (exact) mass is 474 g/mol. The maximum atomic E-state index is 12.6. The second-order valence-corrected chi connectivity index (χ2v) is 9.99. The first-order valence-corrected chi connectivity index (χ1v) is 12.9. The molecule has 0 amide bonds. The molecule has 0 bridgehead atoms. The largest absolute Gasteiger partial charge is 1.00 e. The van der Waals surface area contributed by atoms with Gasteiger partial charge in [-0.3, -0.25) is 14.1 Å². The SMILES string of the molecule is CCCCCCC(CC)C(C(=O)O)C(C(=O)O)(C(CC)CCCCCC)S(=O)(=O)O.[H-].[Na+]. The van der Waals surface area contributed by atoms with Crippen molar-refractivity contribution < 1.29 is 63.8 Å². The van der Waals surface area contributed by atoms with Gasteiger partial charge in [-0.25, -0.2) is 0 Å². The first-order valence-electron chi connectivity index (χ1n) is 11.5. The van der Waals surface area contributed by atoms with Gasteiger partial charge in [0.25, 0.3) is 10.1 Å². The van der Waals surface area contributed by atoms with E-state index >= 15 is 0 Å². The summed E-state index contributed by atoms with van der Waals surface area (Å²) in [5.41, 5.74) is 0. The van der Waals surface area contributed by atoms with E-state index in [4.69, 9.17) is 0 Å². The molecule has 4 atom stereocenters. The van der Waals surface area contributed by atoms with E-state index in [-0.39, 0.29) is 43.8 Å². The average Bonchev–Trinajstić information content (AvgIpc) is 2.66. The number of hydrogen-bond acceptors (Lipinski definition) is 4. The third-order valence-corrected chi connectivity index (χ3v) is 8.03. The molecule has 0 spiro atoms. The van der Waals surface area contributed by atoms with Crippen molar-refractivity contribution in [2.45, 2.75) is 109 Å². The van der Waals surface area contributed by atoms with Gasteiger partial charge in [0.2, 0.25) is 4.75 Å².